The zero-order valence-corrected chi connectivity index (χ0v) is 25.5. The van der Waals surface area contributed by atoms with Crippen LogP contribution in [-0.4, -0.2) is 32.7 Å². The number of aromatic nitrogens is 5. The van der Waals surface area contributed by atoms with Gasteiger partial charge in [0.1, 0.15) is 0 Å². The first-order chi connectivity index (χ1) is 19.6. The van der Waals surface area contributed by atoms with Crippen LogP contribution in [0, 0.1) is 0 Å². The number of hydrogen-bond donors (Lipinski definition) is 0. The Balaban J connectivity index is 1.66. The van der Waals surface area contributed by atoms with Gasteiger partial charge in [-0.15, -0.1) is 9.89 Å². The summed E-state index contributed by atoms with van der Waals surface area (Å²) in [4.78, 5) is 29.4. The van der Waals surface area contributed by atoms with Crippen LogP contribution in [0.15, 0.2) is 94.5 Å². The average molecular weight is 568 g/mol. The van der Waals surface area contributed by atoms with E-state index in [4.69, 9.17) is 4.43 Å². The molecular weight excluding hydrogens is 530 g/mol. The van der Waals surface area contributed by atoms with E-state index in [1.165, 1.54) is 0 Å². The number of benzene rings is 3. The van der Waals surface area contributed by atoms with Crippen LogP contribution < -0.4 is 21.6 Å². The molecule has 0 aliphatic heterocycles. The quantitative estimate of drug-likeness (QED) is 0.261. The van der Waals surface area contributed by atoms with Crippen molar-refractivity contribution in [3.05, 3.63) is 117 Å². The molecule has 0 atom stereocenters. The van der Waals surface area contributed by atoms with Crippen molar-refractivity contribution in [3.8, 4) is 0 Å². The van der Waals surface area contributed by atoms with Crippen molar-refractivity contribution in [2.45, 2.75) is 65.7 Å². The Bertz CT molecular complexity index is 1740. The molecule has 5 aromatic rings. The second kappa shape index (κ2) is 11.1. The van der Waals surface area contributed by atoms with Crippen molar-refractivity contribution in [1.29, 1.82) is 0 Å². The van der Waals surface area contributed by atoms with E-state index in [1.54, 1.807) is 10.6 Å². The van der Waals surface area contributed by atoms with Gasteiger partial charge in [0, 0.05) is 11.9 Å². The van der Waals surface area contributed by atoms with E-state index < -0.39 is 19.6 Å². The molecular formula is C32H37N5O3Si. The lowest BCUT2D eigenvalue weighted by molar-refractivity contribution is 0.269. The van der Waals surface area contributed by atoms with Crippen molar-refractivity contribution in [2.24, 2.45) is 0 Å². The predicted octanol–water partition coefficient (Wildman–Crippen LogP) is 4.29. The Morgan fingerprint density at radius 3 is 1.83 bits per heavy atom. The van der Waals surface area contributed by atoms with Gasteiger partial charge in [0.25, 0.3) is 13.9 Å². The second-order valence-electron chi connectivity index (χ2n) is 11.6. The molecule has 0 saturated carbocycles. The third-order valence-corrected chi connectivity index (χ3v) is 12.6. The maximum absolute atomic E-state index is 13.7. The third kappa shape index (κ3) is 4.89. The zero-order valence-electron chi connectivity index (χ0n) is 24.5. The normalized spacial score (nSPS) is 12.4. The fourth-order valence-corrected chi connectivity index (χ4v) is 10.2. The van der Waals surface area contributed by atoms with E-state index in [9.17, 15) is 9.59 Å². The Kier molecular flexibility index (Phi) is 7.67. The standard InChI is InChI=1S/C32H37N5O3Si/c1-7-35-28(22-40-41(32(4,5)6,24-16-10-8-11-17-24)25-18-12-9-13-19-25)33-37(31(35)39)36-30(38)27-21-15-14-20-26(27)29(34-36)23(2)3/h8-21,23H,7,22H2,1-6H3. The van der Waals surface area contributed by atoms with Crippen LogP contribution in [0.3, 0.4) is 0 Å². The summed E-state index contributed by atoms with van der Waals surface area (Å²) in [7, 11) is -2.88. The van der Waals surface area contributed by atoms with Crippen LogP contribution in [0.25, 0.3) is 10.8 Å². The molecule has 2 heterocycles. The molecule has 0 fully saturated rings. The minimum absolute atomic E-state index is 0.0358. The van der Waals surface area contributed by atoms with Crippen LogP contribution in [0.4, 0.5) is 0 Å². The Labute approximate surface area is 240 Å². The van der Waals surface area contributed by atoms with E-state index in [0.717, 1.165) is 31.0 Å². The van der Waals surface area contributed by atoms with Gasteiger partial charge in [-0.05, 0) is 34.3 Å². The monoisotopic (exact) mass is 567 g/mol. The predicted molar refractivity (Wildman–Crippen MR) is 165 cm³/mol. The summed E-state index contributed by atoms with van der Waals surface area (Å²) in [6.07, 6.45) is 0. The van der Waals surface area contributed by atoms with Gasteiger partial charge in [-0.2, -0.15) is 5.10 Å². The minimum Gasteiger partial charge on any atom is -0.400 e. The number of hydrogen-bond acceptors (Lipinski definition) is 5. The molecule has 0 aliphatic rings. The molecule has 0 amide bonds. The Morgan fingerprint density at radius 2 is 1.32 bits per heavy atom. The van der Waals surface area contributed by atoms with E-state index in [0.29, 0.717) is 17.8 Å². The van der Waals surface area contributed by atoms with Crippen molar-refractivity contribution in [1.82, 2.24) is 24.3 Å². The SMILES string of the molecule is CCn1c(CO[Si](c2ccccc2)(c2ccccc2)C(C)(C)C)nn(-n2nc(C(C)C)c3ccccc3c2=O)c1=O. The lowest BCUT2D eigenvalue weighted by atomic mass is 10.0. The maximum Gasteiger partial charge on any atom is 0.367 e. The van der Waals surface area contributed by atoms with Gasteiger partial charge >= 0.3 is 5.69 Å². The first-order valence-electron chi connectivity index (χ1n) is 14.1. The molecule has 41 heavy (non-hydrogen) atoms. The molecule has 0 bridgehead atoms. The minimum atomic E-state index is -2.88. The Morgan fingerprint density at radius 1 is 0.780 bits per heavy atom. The lowest BCUT2D eigenvalue weighted by Gasteiger charge is -2.42. The molecule has 0 N–H and O–H groups in total. The molecule has 0 aliphatic carbocycles. The molecule has 9 heteroatoms. The lowest BCUT2D eigenvalue weighted by Crippen LogP contribution is -2.66. The molecule has 0 unspecified atom stereocenters. The third-order valence-electron chi connectivity index (χ3n) is 7.62. The zero-order chi connectivity index (χ0) is 29.4. The molecule has 2 aromatic heterocycles. The van der Waals surface area contributed by atoms with E-state index in [2.05, 4.69) is 55.2 Å². The summed E-state index contributed by atoms with van der Waals surface area (Å²) in [6, 6.07) is 28.0. The number of nitrogens with zero attached hydrogens (tertiary/aromatic N) is 5. The van der Waals surface area contributed by atoms with Crippen molar-refractivity contribution in [2.75, 3.05) is 0 Å². The van der Waals surface area contributed by atoms with Crippen LogP contribution in [0.2, 0.25) is 5.04 Å². The highest BCUT2D eigenvalue weighted by Gasteiger charge is 2.50. The summed E-state index contributed by atoms with van der Waals surface area (Å²) in [6.45, 7) is 13.0. The van der Waals surface area contributed by atoms with E-state index in [-0.39, 0.29) is 17.6 Å². The molecule has 8 nitrogen and oxygen atoms in total. The van der Waals surface area contributed by atoms with Crippen LogP contribution in [0.5, 0.6) is 0 Å². The summed E-state index contributed by atoms with van der Waals surface area (Å²) in [5, 5.41) is 12.6. The molecule has 212 valence electrons. The largest absolute Gasteiger partial charge is 0.400 e. The molecule has 0 saturated heterocycles. The van der Waals surface area contributed by atoms with Gasteiger partial charge in [0.15, 0.2) is 5.82 Å². The van der Waals surface area contributed by atoms with Crippen LogP contribution in [-0.2, 0) is 17.6 Å². The number of fused-ring (bicyclic) bond motifs is 1. The van der Waals surface area contributed by atoms with Crippen molar-refractivity contribution in [3.63, 3.8) is 0 Å². The van der Waals surface area contributed by atoms with Crippen LogP contribution in [0.1, 0.15) is 59.0 Å². The van der Waals surface area contributed by atoms with Gasteiger partial charge in [-0.25, -0.2) is 4.79 Å². The Hall–Kier alpha value is -4.08. The molecule has 0 spiro atoms. The van der Waals surface area contributed by atoms with Gasteiger partial charge in [0.2, 0.25) is 0 Å². The van der Waals surface area contributed by atoms with E-state index in [1.807, 2.05) is 75.4 Å². The van der Waals surface area contributed by atoms with Gasteiger partial charge in [0.05, 0.1) is 17.7 Å². The van der Waals surface area contributed by atoms with Crippen molar-refractivity contribution >= 4 is 29.5 Å². The highest BCUT2D eigenvalue weighted by molar-refractivity contribution is 6.99. The average Bonchev–Trinajstić information content (AvgIpc) is 3.28. The first kappa shape index (κ1) is 28.4. The number of rotatable bonds is 8. The fraction of sp³-hybridized carbons (Fsp3) is 0.312. The van der Waals surface area contributed by atoms with Gasteiger partial charge in [-0.3, -0.25) is 9.36 Å². The fourth-order valence-electron chi connectivity index (χ4n) is 5.66. The molecule has 5 rings (SSSR count). The second-order valence-corrected chi connectivity index (χ2v) is 15.9. The summed E-state index contributed by atoms with van der Waals surface area (Å²) < 4.78 is 8.61. The highest BCUT2D eigenvalue weighted by atomic mass is 28.4. The summed E-state index contributed by atoms with van der Waals surface area (Å²) in [5.41, 5.74) is -0.108. The topological polar surface area (TPSA) is 83.9 Å². The van der Waals surface area contributed by atoms with E-state index >= 15 is 0 Å². The van der Waals surface area contributed by atoms with Crippen molar-refractivity contribution < 1.29 is 4.43 Å². The van der Waals surface area contributed by atoms with Gasteiger partial charge < -0.3 is 4.43 Å². The highest BCUT2D eigenvalue weighted by Crippen LogP contribution is 2.37. The van der Waals surface area contributed by atoms with Gasteiger partial charge in [-0.1, -0.05) is 118 Å². The molecule has 0 radical (unpaired) electrons. The summed E-state index contributed by atoms with van der Waals surface area (Å²) >= 11 is 0. The first-order valence-corrected chi connectivity index (χ1v) is 16.0. The smallest absolute Gasteiger partial charge is 0.367 e. The van der Waals surface area contributed by atoms with Crippen LogP contribution >= 0.6 is 0 Å². The molecule has 3 aromatic carbocycles. The summed E-state index contributed by atoms with van der Waals surface area (Å²) in [5.74, 6) is 0.479. The maximum atomic E-state index is 13.7.